The van der Waals surface area contributed by atoms with Crippen LogP contribution in [0, 0.1) is 58.2 Å². The molecule has 26 nitrogen and oxygen atoms in total. The standard InChI is InChI=1S/2C48H59F3N4O9S2/c2*1-28(2)62-33-14-12-31(13-15-33)37-19-34(20-38(53-37)41-25-52-27-65-41)63-35-21-39-40(56)24-47(44(59)54-66(60,61)46(7)16-17-46)23-32(47)11-9-8-10-29(3)18-30(4)36(43(58)55(39)26-35)22-42(57)64-45(5,6)48(49,50)51/h2*9,11-15,19-20,25,27-30,32,35-36,39H,8,10,16-18,21-24,26H2,1-7H3,(H,54,59)/b2*11-9-/t29-,30+,32+,35+,36-,39-,47+;29-,30-,32-,35-,36+,39+,47-/m01/s1. The van der Waals surface area contributed by atoms with Crippen LogP contribution in [0.3, 0.4) is 0 Å². The molecule has 4 aliphatic carbocycles. The van der Waals surface area contributed by atoms with Crippen molar-refractivity contribution in [2.24, 2.45) is 58.2 Å². The largest absolute Gasteiger partial charge is 0.491 e. The molecule has 8 aliphatic rings. The molecule has 716 valence electrons. The predicted octanol–water partition coefficient (Wildman–Crippen LogP) is 17.7. The molecule has 6 fully saturated rings. The summed E-state index contributed by atoms with van der Waals surface area (Å²) in [6, 6.07) is 19.4. The number of Topliss-reactive ketones (excluding diaryl/α,β-unsaturated/α-hetero) is 2. The number of aromatic nitrogens is 4. The van der Waals surface area contributed by atoms with E-state index in [9.17, 15) is 71.9 Å². The van der Waals surface area contributed by atoms with Gasteiger partial charge in [-0.1, -0.05) is 52.0 Å². The summed E-state index contributed by atoms with van der Waals surface area (Å²) >= 11 is 2.75. The van der Waals surface area contributed by atoms with Crippen LogP contribution >= 0.6 is 22.7 Å². The van der Waals surface area contributed by atoms with Crippen LogP contribution in [0.2, 0.25) is 0 Å². The van der Waals surface area contributed by atoms with Gasteiger partial charge < -0.3 is 38.2 Å². The van der Waals surface area contributed by atoms with Gasteiger partial charge in [-0.25, -0.2) is 26.8 Å². The van der Waals surface area contributed by atoms with Crippen molar-refractivity contribution in [2.75, 3.05) is 13.1 Å². The highest BCUT2D eigenvalue weighted by Gasteiger charge is 2.65. The van der Waals surface area contributed by atoms with Crippen molar-refractivity contribution >= 4 is 89.9 Å². The zero-order chi connectivity index (χ0) is 96.0. The first kappa shape index (κ1) is 99.8. The lowest BCUT2D eigenvalue weighted by Gasteiger charge is -2.33. The minimum Gasteiger partial charge on any atom is -0.491 e. The van der Waals surface area contributed by atoms with Crippen LogP contribution in [-0.2, 0) is 67.9 Å². The Hall–Kier alpha value is -9.68. The lowest BCUT2D eigenvalue weighted by molar-refractivity contribution is -0.257. The Morgan fingerprint density at radius 1 is 0.515 bits per heavy atom. The molecular formula is C96H118F6N8O18S4. The van der Waals surface area contributed by atoms with Crippen molar-refractivity contribution < 1.29 is 110 Å². The summed E-state index contributed by atoms with van der Waals surface area (Å²) in [6.45, 7) is 21.1. The van der Waals surface area contributed by atoms with Crippen LogP contribution < -0.4 is 28.4 Å². The number of pyridine rings is 2. The number of esters is 2. The monoisotopic (exact) mass is 1910 g/mol. The van der Waals surface area contributed by atoms with Crippen LogP contribution in [0.5, 0.6) is 23.0 Å². The minimum atomic E-state index is -4.88. The van der Waals surface area contributed by atoms with Gasteiger partial charge in [0.1, 0.15) is 35.2 Å². The first-order valence-corrected chi connectivity index (χ1v) is 49.9. The second-order valence-corrected chi connectivity index (χ2v) is 45.6. The molecule has 4 aromatic heterocycles. The molecule has 2 aromatic carbocycles. The maximum Gasteiger partial charge on any atom is 0.427 e. The van der Waals surface area contributed by atoms with Crippen molar-refractivity contribution in [2.45, 2.75) is 282 Å². The predicted molar refractivity (Wildman–Crippen MR) is 483 cm³/mol. The van der Waals surface area contributed by atoms with Gasteiger partial charge in [0.05, 0.1) is 126 Å². The van der Waals surface area contributed by atoms with Crippen LogP contribution in [0.15, 0.2) is 121 Å². The zero-order valence-corrected chi connectivity index (χ0v) is 80.0. The summed E-state index contributed by atoms with van der Waals surface area (Å²) in [4.78, 5) is 137. The van der Waals surface area contributed by atoms with Gasteiger partial charge >= 0.3 is 24.3 Å². The van der Waals surface area contributed by atoms with E-state index in [0.29, 0.717) is 110 Å². The number of alkyl halides is 6. The van der Waals surface area contributed by atoms with E-state index in [4.69, 9.17) is 38.4 Å². The highest BCUT2D eigenvalue weighted by molar-refractivity contribution is 7.92. The number of nitrogens with zero attached hydrogens (tertiary/aromatic N) is 6. The number of nitrogens with one attached hydrogen (secondary N) is 2. The second-order valence-electron chi connectivity index (χ2n) is 39.4. The van der Waals surface area contributed by atoms with Gasteiger partial charge in [-0.3, -0.25) is 57.8 Å². The van der Waals surface area contributed by atoms with E-state index < -0.39 is 184 Å². The molecule has 36 heteroatoms. The number of carbonyl (C=O) groups is 8. The number of fused-ring (bicyclic) bond motifs is 4. The Labute approximate surface area is 774 Å². The fraction of sp³-hybridized carbons (Fsp3) is 0.583. The Morgan fingerprint density at radius 3 is 1.18 bits per heavy atom. The number of amides is 4. The number of ketones is 2. The SMILES string of the molecule is CC(C)Oc1ccc(-c2cc(O[C@@H]3C[C@H]4C(=O)C[C@]5(C(=O)NS(=O)(=O)C6(C)CC6)C[C@H]5/C=C\CC[C@@H](C)C[C@@H](C)[C@H](CC(=O)OC(C)(C)C(F)(F)F)C(=O)N4C3)cc(-c3cncs3)n2)cc1.CC(C)Oc1ccc(-c2cc(O[C@@H]3C[C@H]4C(=O)C[C@]5(C(=O)NS(=O)(=O)C6(C)CC6)C[C@H]5/C=C\CC[C@H](C)C[C@@H](C)[C@H](CC(=O)OC(C)(C)C(F)(F)F)C(=O)N4C3)cc(-c3cncs3)n2)cc1. The topological polar surface area (TPSA) is 342 Å². The van der Waals surface area contributed by atoms with E-state index in [1.807, 2.05) is 114 Å². The molecule has 0 spiro atoms. The molecule has 6 aromatic rings. The molecular weight excluding hydrogens is 1800 g/mol. The zero-order valence-electron chi connectivity index (χ0n) is 76.7. The van der Waals surface area contributed by atoms with Gasteiger partial charge in [-0.2, -0.15) is 26.3 Å². The molecule has 0 radical (unpaired) electrons. The molecule has 8 heterocycles. The van der Waals surface area contributed by atoms with E-state index in [2.05, 4.69) is 19.4 Å². The quantitative estimate of drug-likeness (QED) is 0.0323. The van der Waals surface area contributed by atoms with Crippen molar-refractivity contribution in [1.29, 1.82) is 0 Å². The molecule has 2 N–H and O–H groups in total. The molecule has 4 amide bonds. The lowest BCUT2D eigenvalue weighted by Crippen LogP contribution is -2.48. The maximum atomic E-state index is 15.1. The van der Waals surface area contributed by atoms with E-state index in [-0.39, 0.29) is 75.7 Å². The molecule has 2 saturated heterocycles. The molecule has 14 rings (SSSR count). The smallest absolute Gasteiger partial charge is 0.427 e. The Balaban J connectivity index is 0.000000224. The molecule has 14 atom stereocenters. The average molecular weight is 1910 g/mol. The summed E-state index contributed by atoms with van der Waals surface area (Å²) in [6.07, 6.45) is 2.68. The molecule has 132 heavy (non-hydrogen) atoms. The van der Waals surface area contributed by atoms with Crippen LogP contribution in [-0.4, -0.2) is 176 Å². The van der Waals surface area contributed by atoms with Gasteiger partial charge in [0.15, 0.2) is 11.6 Å². The average Bonchev–Trinajstić information content (AvgIpc) is 1.56. The summed E-state index contributed by atoms with van der Waals surface area (Å²) in [5.41, 5.74) is -1.34. The van der Waals surface area contributed by atoms with Crippen LogP contribution in [0.25, 0.3) is 43.7 Å². The van der Waals surface area contributed by atoms with Gasteiger partial charge in [-0.15, -0.1) is 22.7 Å². The number of benzene rings is 2. The molecule has 4 aliphatic heterocycles. The molecule has 0 bridgehead atoms. The van der Waals surface area contributed by atoms with Crippen molar-refractivity contribution in [3.8, 4) is 66.7 Å². The highest BCUT2D eigenvalue weighted by atomic mass is 32.2. The highest BCUT2D eigenvalue weighted by Crippen LogP contribution is 2.60. The third-order valence-corrected chi connectivity index (χ3v) is 33.0. The molecule has 0 unspecified atom stereocenters. The summed E-state index contributed by atoms with van der Waals surface area (Å²) in [5.74, 6) is -8.42. The normalized spacial score (nSPS) is 27.5. The number of ether oxygens (including phenoxy) is 6. The van der Waals surface area contributed by atoms with E-state index in [1.54, 1.807) is 75.4 Å². The number of thiazole rings is 2. The number of sulfonamides is 2. The lowest BCUT2D eigenvalue weighted by atomic mass is 9.82. The second kappa shape index (κ2) is 39.0. The van der Waals surface area contributed by atoms with E-state index in [1.165, 1.54) is 32.5 Å². The van der Waals surface area contributed by atoms with Crippen molar-refractivity contribution in [3.05, 3.63) is 121 Å². The number of halogens is 6. The Morgan fingerprint density at radius 2 is 0.864 bits per heavy atom. The maximum absolute atomic E-state index is 15.1. The van der Waals surface area contributed by atoms with Crippen molar-refractivity contribution in [1.82, 2.24) is 39.2 Å². The van der Waals surface area contributed by atoms with Gasteiger partial charge in [0.2, 0.25) is 54.9 Å². The molecule has 4 saturated carbocycles. The van der Waals surface area contributed by atoms with Gasteiger partial charge in [0, 0.05) is 73.5 Å². The third kappa shape index (κ3) is 23.1. The van der Waals surface area contributed by atoms with Gasteiger partial charge in [-0.05, 0) is 230 Å². The Bertz CT molecular complexity index is 5210. The number of carbonyl (C=O) groups excluding carboxylic acids is 8. The third-order valence-electron chi connectivity index (χ3n) is 27.1. The summed E-state index contributed by atoms with van der Waals surface area (Å²) in [5, 5.41) is 0. The Kier molecular flexibility index (Phi) is 29.5. The van der Waals surface area contributed by atoms with Crippen LogP contribution in [0.4, 0.5) is 26.3 Å². The van der Waals surface area contributed by atoms with E-state index in [0.717, 1.165) is 48.6 Å². The number of rotatable bonds is 24. The van der Waals surface area contributed by atoms with Gasteiger partial charge in [0.25, 0.3) is 0 Å². The fourth-order valence-electron chi connectivity index (χ4n) is 18.0. The fourth-order valence-corrected chi connectivity index (χ4v) is 21.8. The first-order chi connectivity index (χ1) is 61.8. The number of hydrogen-bond donors (Lipinski definition) is 2. The number of hydrogen-bond acceptors (Lipinski definition) is 24. The summed E-state index contributed by atoms with van der Waals surface area (Å²) < 4.78 is 174. The van der Waals surface area contributed by atoms with Crippen molar-refractivity contribution in [3.63, 3.8) is 0 Å². The van der Waals surface area contributed by atoms with E-state index >= 15 is 9.59 Å². The van der Waals surface area contributed by atoms with Crippen LogP contribution in [0.1, 0.15) is 213 Å². The number of allylic oxidation sites excluding steroid dienone is 4. The minimum absolute atomic E-state index is 0.00375. The first-order valence-electron chi connectivity index (χ1n) is 45.2. The summed E-state index contributed by atoms with van der Waals surface area (Å²) in [7, 11) is -8.11.